The van der Waals surface area contributed by atoms with Crippen molar-refractivity contribution in [1.82, 2.24) is 20.1 Å². The van der Waals surface area contributed by atoms with Gasteiger partial charge in [-0.05, 0) is 67.8 Å². The minimum atomic E-state index is 0.123. The molecule has 0 spiro atoms. The fourth-order valence-corrected chi connectivity index (χ4v) is 7.44. The lowest BCUT2D eigenvalue weighted by atomic mass is 9.84. The standard InChI is InChI=1S/C28H40N4OS/c1-18(24-16-19-9-10-21(24)15-19)29-25(33)17-34-27-31-30-26(32(27)23-7-5-6-8-23)20-11-13-22(14-12-20)28(2,3)4/h11-14,18-19,21,23-24H,5-10,15-17H2,1-4H3,(H,29,33)/t18-,19-,21-,24+/m0/s1. The number of nitrogens with zero attached hydrogens (tertiary/aromatic N) is 3. The summed E-state index contributed by atoms with van der Waals surface area (Å²) < 4.78 is 2.32. The SMILES string of the molecule is C[C@H](NC(=O)CSc1nnc(-c2ccc(C(C)(C)C)cc2)n1C1CCCC1)[C@H]1C[C@H]2CC[C@H]1C2. The number of hydrogen-bond donors (Lipinski definition) is 1. The van der Waals surface area contributed by atoms with Crippen molar-refractivity contribution >= 4 is 17.7 Å². The smallest absolute Gasteiger partial charge is 0.230 e. The molecular formula is C28H40N4OS. The molecule has 184 valence electrons. The summed E-state index contributed by atoms with van der Waals surface area (Å²) in [5.41, 5.74) is 2.55. The predicted molar refractivity (Wildman–Crippen MR) is 139 cm³/mol. The Morgan fingerprint density at radius 3 is 2.44 bits per heavy atom. The molecule has 5 rings (SSSR count). The van der Waals surface area contributed by atoms with Crippen molar-refractivity contribution in [2.24, 2.45) is 17.8 Å². The van der Waals surface area contributed by atoms with E-state index in [1.807, 2.05) is 0 Å². The molecule has 0 unspecified atom stereocenters. The van der Waals surface area contributed by atoms with Gasteiger partial charge in [-0.2, -0.15) is 0 Å². The molecule has 3 saturated carbocycles. The number of benzene rings is 1. The van der Waals surface area contributed by atoms with Gasteiger partial charge in [0.1, 0.15) is 0 Å². The zero-order valence-electron chi connectivity index (χ0n) is 21.2. The number of fused-ring (bicyclic) bond motifs is 2. The fraction of sp³-hybridized carbons (Fsp3) is 0.679. The third kappa shape index (κ3) is 4.93. The highest BCUT2D eigenvalue weighted by molar-refractivity contribution is 7.99. The lowest BCUT2D eigenvalue weighted by Gasteiger charge is -2.28. The van der Waals surface area contributed by atoms with Crippen molar-refractivity contribution in [1.29, 1.82) is 0 Å². The molecule has 2 aromatic rings. The van der Waals surface area contributed by atoms with E-state index < -0.39 is 0 Å². The van der Waals surface area contributed by atoms with Crippen molar-refractivity contribution < 1.29 is 4.79 Å². The molecule has 0 aliphatic heterocycles. The maximum absolute atomic E-state index is 12.8. The molecule has 34 heavy (non-hydrogen) atoms. The summed E-state index contributed by atoms with van der Waals surface area (Å²) >= 11 is 1.54. The number of aromatic nitrogens is 3. The summed E-state index contributed by atoms with van der Waals surface area (Å²) in [6.45, 7) is 8.91. The highest BCUT2D eigenvalue weighted by Gasteiger charge is 2.42. The predicted octanol–water partition coefficient (Wildman–Crippen LogP) is 6.39. The van der Waals surface area contributed by atoms with Crippen LogP contribution in [0.25, 0.3) is 11.4 Å². The van der Waals surface area contributed by atoms with Gasteiger partial charge in [0.2, 0.25) is 5.91 Å². The number of hydrogen-bond acceptors (Lipinski definition) is 4. The highest BCUT2D eigenvalue weighted by Crippen LogP contribution is 2.49. The summed E-state index contributed by atoms with van der Waals surface area (Å²) in [4.78, 5) is 12.8. The van der Waals surface area contributed by atoms with Crippen molar-refractivity contribution in [3.63, 3.8) is 0 Å². The Hall–Kier alpha value is -1.82. The quantitative estimate of drug-likeness (QED) is 0.466. The van der Waals surface area contributed by atoms with Crippen molar-refractivity contribution in [3.05, 3.63) is 29.8 Å². The molecule has 0 radical (unpaired) electrons. The molecule has 6 heteroatoms. The number of thioether (sulfide) groups is 1. The van der Waals surface area contributed by atoms with E-state index in [1.165, 1.54) is 44.1 Å². The van der Waals surface area contributed by atoms with Crippen LogP contribution in [0, 0.1) is 17.8 Å². The van der Waals surface area contributed by atoms with E-state index in [0.717, 1.165) is 41.2 Å². The van der Waals surface area contributed by atoms with E-state index >= 15 is 0 Å². The van der Waals surface area contributed by atoms with Crippen LogP contribution in [0.2, 0.25) is 0 Å². The first-order valence-corrected chi connectivity index (χ1v) is 14.3. The number of nitrogens with one attached hydrogen (secondary N) is 1. The second-order valence-electron chi connectivity index (χ2n) is 11.9. The summed E-state index contributed by atoms with van der Waals surface area (Å²) in [6.07, 6.45) is 10.2. The van der Waals surface area contributed by atoms with Crippen molar-refractivity contribution in [2.75, 3.05) is 5.75 Å². The van der Waals surface area contributed by atoms with Crippen LogP contribution in [0.4, 0.5) is 0 Å². The molecule has 2 bridgehead atoms. The molecule has 3 fully saturated rings. The number of amides is 1. The lowest BCUT2D eigenvalue weighted by molar-refractivity contribution is -0.119. The van der Waals surface area contributed by atoms with E-state index in [-0.39, 0.29) is 17.4 Å². The van der Waals surface area contributed by atoms with Gasteiger partial charge in [-0.25, -0.2) is 0 Å². The minimum absolute atomic E-state index is 0.123. The Morgan fingerprint density at radius 2 is 1.82 bits per heavy atom. The van der Waals surface area contributed by atoms with Crippen LogP contribution in [0.15, 0.2) is 29.4 Å². The van der Waals surface area contributed by atoms with Gasteiger partial charge in [0.25, 0.3) is 0 Å². The van der Waals surface area contributed by atoms with Crippen molar-refractivity contribution in [3.8, 4) is 11.4 Å². The van der Waals surface area contributed by atoms with Crippen LogP contribution in [-0.2, 0) is 10.2 Å². The first-order chi connectivity index (χ1) is 16.3. The molecule has 1 aromatic carbocycles. The summed E-state index contributed by atoms with van der Waals surface area (Å²) in [6, 6.07) is 9.46. The van der Waals surface area contributed by atoms with Gasteiger partial charge in [0.15, 0.2) is 11.0 Å². The Kier molecular flexibility index (Phi) is 6.80. The highest BCUT2D eigenvalue weighted by atomic mass is 32.2. The first kappa shape index (κ1) is 23.9. The van der Waals surface area contributed by atoms with E-state index in [9.17, 15) is 4.79 Å². The third-order valence-corrected chi connectivity index (χ3v) is 9.46. The van der Waals surface area contributed by atoms with Gasteiger partial charge < -0.3 is 5.32 Å². The zero-order chi connectivity index (χ0) is 23.9. The van der Waals surface area contributed by atoms with Gasteiger partial charge in [0.05, 0.1) is 5.75 Å². The summed E-state index contributed by atoms with van der Waals surface area (Å²) in [7, 11) is 0. The molecule has 1 heterocycles. The normalized spacial score (nSPS) is 25.7. The Morgan fingerprint density at radius 1 is 1.09 bits per heavy atom. The molecule has 3 aliphatic rings. The maximum Gasteiger partial charge on any atom is 0.230 e. The van der Waals surface area contributed by atoms with Gasteiger partial charge in [0, 0.05) is 17.6 Å². The van der Waals surface area contributed by atoms with E-state index in [4.69, 9.17) is 0 Å². The first-order valence-electron chi connectivity index (χ1n) is 13.3. The minimum Gasteiger partial charge on any atom is -0.353 e. The Bertz CT molecular complexity index is 1000. The van der Waals surface area contributed by atoms with E-state index in [0.29, 0.717) is 17.7 Å². The molecule has 0 saturated heterocycles. The molecule has 1 N–H and O–H groups in total. The topological polar surface area (TPSA) is 59.8 Å². The Balaban J connectivity index is 1.28. The van der Waals surface area contributed by atoms with Crippen LogP contribution >= 0.6 is 11.8 Å². The zero-order valence-corrected chi connectivity index (χ0v) is 22.0. The number of carbonyl (C=O) groups excluding carboxylic acids is 1. The van der Waals surface area contributed by atoms with Crippen LogP contribution in [-0.4, -0.2) is 32.5 Å². The summed E-state index contributed by atoms with van der Waals surface area (Å²) in [5, 5.41) is 13.4. The van der Waals surface area contributed by atoms with Gasteiger partial charge in [-0.15, -0.1) is 10.2 Å². The van der Waals surface area contributed by atoms with E-state index in [2.05, 4.69) is 72.0 Å². The third-order valence-electron chi connectivity index (χ3n) is 8.52. The largest absolute Gasteiger partial charge is 0.353 e. The van der Waals surface area contributed by atoms with Crippen LogP contribution in [0.1, 0.15) is 90.7 Å². The average molecular weight is 481 g/mol. The van der Waals surface area contributed by atoms with Gasteiger partial charge in [-0.1, -0.05) is 76.1 Å². The van der Waals surface area contributed by atoms with Gasteiger partial charge >= 0.3 is 0 Å². The molecule has 5 nitrogen and oxygen atoms in total. The van der Waals surface area contributed by atoms with Gasteiger partial charge in [-0.3, -0.25) is 9.36 Å². The van der Waals surface area contributed by atoms with Crippen molar-refractivity contribution in [2.45, 2.75) is 102 Å². The number of rotatable bonds is 7. The molecule has 4 atom stereocenters. The monoisotopic (exact) mass is 480 g/mol. The second-order valence-corrected chi connectivity index (χ2v) is 12.9. The summed E-state index contributed by atoms with van der Waals surface area (Å²) in [5.74, 6) is 3.86. The molecular weight excluding hydrogens is 440 g/mol. The second kappa shape index (κ2) is 9.67. The van der Waals surface area contributed by atoms with E-state index in [1.54, 1.807) is 11.8 Å². The maximum atomic E-state index is 12.8. The fourth-order valence-electron chi connectivity index (χ4n) is 6.62. The molecule has 1 aromatic heterocycles. The Labute approximate surface area is 208 Å². The number of carbonyl (C=O) groups is 1. The average Bonchev–Trinajstić information content (AvgIpc) is 3.61. The molecule has 1 amide bonds. The lowest BCUT2D eigenvalue weighted by Crippen LogP contribution is -2.41. The van der Waals surface area contributed by atoms with Crippen LogP contribution in [0.3, 0.4) is 0 Å². The van der Waals surface area contributed by atoms with Crippen LogP contribution in [0.5, 0.6) is 0 Å². The molecule has 3 aliphatic carbocycles. The van der Waals surface area contributed by atoms with Crippen LogP contribution < -0.4 is 5.32 Å².